The van der Waals surface area contributed by atoms with Gasteiger partial charge in [-0.05, 0) is 13.0 Å². The van der Waals surface area contributed by atoms with Crippen molar-refractivity contribution in [2.45, 2.75) is 31.5 Å². The molecule has 3 atom stereocenters. The van der Waals surface area contributed by atoms with Crippen LogP contribution in [0.5, 0.6) is 0 Å². The van der Waals surface area contributed by atoms with Gasteiger partial charge in [0.25, 0.3) is 5.56 Å². The first-order valence-electron chi connectivity index (χ1n) is 7.25. The van der Waals surface area contributed by atoms with Crippen LogP contribution < -0.4 is 5.56 Å². The Bertz CT molecular complexity index is 919. The summed E-state index contributed by atoms with van der Waals surface area (Å²) in [7, 11) is -4.43. The number of aryl methyl sites for hydroxylation is 1. The maximum atomic E-state index is 11.9. The summed E-state index contributed by atoms with van der Waals surface area (Å²) in [5.74, 6) is -1.22. The highest BCUT2D eigenvalue weighted by Gasteiger charge is 2.47. The predicted octanol–water partition coefficient (Wildman–Crippen LogP) is -0.258. The van der Waals surface area contributed by atoms with E-state index in [1.165, 1.54) is 17.0 Å². The minimum Gasteiger partial charge on any atom is -0.388 e. The van der Waals surface area contributed by atoms with E-state index in [4.69, 9.17) is 19.3 Å². The van der Waals surface area contributed by atoms with Crippen LogP contribution in [0.2, 0.25) is 0 Å². The number of nitrogens with one attached hydrogen (secondary N) is 1. The van der Waals surface area contributed by atoms with E-state index >= 15 is 0 Å². The van der Waals surface area contributed by atoms with Crippen molar-refractivity contribution in [2.75, 3.05) is 6.35 Å². The Morgan fingerprint density at radius 1 is 1.64 bits per heavy atom. The number of H-pyrrole nitrogens is 1. The fourth-order valence-corrected chi connectivity index (χ4v) is 3.05. The molecule has 25 heavy (non-hydrogen) atoms. The van der Waals surface area contributed by atoms with Crippen molar-refractivity contribution in [3.63, 3.8) is 0 Å². The molecule has 4 N–H and O–H groups in total. The number of fused-ring (bicyclic) bond motifs is 1. The Labute approximate surface area is 141 Å². The number of imidazole rings is 1. The van der Waals surface area contributed by atoms with Gasteiger partial charge in [-0.3, -0.25) is 13.9 Å². The zero-order valence-electron chi connectivity index (χ0n) is 13.2. The molecule has 1 saturated heterocycles. The normalized spacial score (nSPS) is 27.0. The van der Waals surface area contributed by atoms with Crippen molar-refractivity contribution in [3.05, 3.63) is 35.2 Å². The second-order valence-corrected chi connectivity index (χ2v) is 7.30. The molecule has 1 aliphatic rings. The van der Waals surface area contributed by atoms with E-state index in [2.05, 4.69) is 21.5 Å². The summed E-state index contributed by atoms with van der Waals surface area (Å²) in [6.45, 7) is 5.15. The Balaban J connectivity index is 1.95. The first kappa shape index (κ1) is 17.9. The number of hydrogen-bond acceptors (Lipinski definition) is 7. The molecule has 1 fully saturated rings. The number of aliphatic hydroxyl groups is 1. The first-order valence-corrected chi connectivity index (χ1v) is 9.05. The maximum Gasteiger partial charge on any atom is 0.351 e. The van der Waals surface area contributed by atoms with Crippen molar-refractivity contribution in [2.24, 2.45) is 0 Å². The van der Waals surface area contributed by atoms with Crippen molar-refractivity contribution in [1.82, 2.24) is 19.5 Å². The van der Waals surface area contributed by atoms with Gasteiger partial charge in [0.2, 0.25) is 0 Å². The summed E-state index contributed by atoms with van der Waals surface area (Å²) >= 11 is 0. The lowest BCUT2D eigenvalue weighted by Crippen LogP contribution is -2.30. The molecule has 0 radical (unpaired) electrons. The molecule has 3 heterocycles. The molecule has 3 rings (SSSR count). The van der Waals surface area contributed by atoms with Crippen LogP contribution in [0.1, 0.15) is 18.5 Å². The van der Waals surface area contributed by atoms with Crippen LogP contribution >= 0.6 is 7.60 Å². The summed E-state index contributed by atoms with van der Waals surface area (Å²) in [5.41, 5.74) is -0.143. The molecule has 2 aromatic heterocycles. The van der Waals surface area contributed by atoms with Crippen molar-refractivity contribution in [3.8, 4) is 0 Å². The van der Waals surface area contributed by atoms with Gasteiger partial charge in [0, 0.05) is 6.42 Å². The molecule has 0 spiro atoms. The number of nitrogens with zero attached hydrogens (tertiary/aromatic N) is 3. The SMILES string of the molecule is C=C[C@@]1(OCP(=O)(O)O)C[C@@H](O)[C@H](n2cnc3c(=O)[nH]c(C)nc32)O1. The fraction of sp³-hybridized carbons (Fsp3) is 0.462. The van der Waals surface area contributed by atoms with Crippen molar-refractivity contribution in [1.29, 1.82) is 0 Å². The third kappa shape index (κ3) is 3.43. The molecular formula is C13H17N4O7P. The van der Waals surface area contributed by atoms with E-state index in [1.54, 1.807) is 6.92 Å². The second kappa shape index (κ2) is 6.13. The lowest BCUT2D eigenvalue weighted by atomic mass is 10.1. The lowest BCUT2D eigenvalue weighted by Gasteiger charge is -2.26. The lowest BCUT2D eigenvalue weighted by molar-refractivity contribution is -0.200. The molecule has 1 aliphatic heterocycles. The summed E-state index contributed by atoms with van der Waals surface area (Å²) in [6.07, 6.45) is -0.607. The molecule has 0 unspecified atom stereocenters. The average molecular weight is 372 g/mol. The van der Waals surface area contributed by atoms with Crippen LogP contribution in [0.4, 0.5) is 0 Å². The van der Waals surface area contributed by atoms with Crippen LogP contribution in [0.3, 0.4) is 0 Å². The summed E-state index contributed by atoms with van der Waals surface area (Å²) in [5, 5.41) is 10.3. The molecule has 12 heteroatoms. The number of aromatic amines is 1. The third-order valence-electron chi connectivity index (χ3n) is 3.76. The van der Waals surface area contributed by atoms with Crippen molar-refractivity contribution >= 4 is 18.8 Å². The van der Waals surface area contributed by atoms with Gasteiger partial charge in [-0.1, -0.05) is 6.58 Å². The highest BCUT2D eigenvalue weighted by Crippen LogP contribution is 2.43. The third-order valence-corrected chi connectivity index (χ3v) is 4.22. The highest BCUT2D eigenvalue weighted by molar-refractivity contribution is 7.51. The van der Waals surface area contributed by atoms with Crippen LogP contribution in [-0.4, -0.2) is 52.7 Å². The van der Waals surface area contributed by atoms with Gasteiger partial charge >= 0.3 is 7.60 Å². The Hall–Kier alpha value is -1.88. The molecule has 136 valence electrons. The molecular weight excluding hydrogens is 355 g/mol. The Morgan fingerprint density at radius 3 is 3.00 bits per heavy atom. The monoisotopic (exact) mass is 372 g/mol. The van der Waals surface area contributed by atoms with E-state index in [0.29, 0.717) is 5.82 Å². The smallest absolute Gasteiger partial charge is 0.351 e. The summed E-state index contributed by atoms with van der Waals surface area (Å²) in [6, 6.07) is 0. The molecule has 0 amide bonds. The predicted molar refractivity (Wildman–Crippen MR) is 84.6 cm³/mol. The average Bonchev–Trinajstić information content (AvgIpc) is 3.06. The van der Waals surface area contributed by atoms with Crippen LogP contribution in [-0.2, 0) is 14.0 Å². The van der Waals surface area contributed by atoms with Crippen molar-refractivity contribution < 1.29 is 28.9 Å². The van der Waals surface area contributed by atoms with Crippen LogP contribution in [0.25, 0.3) is 11.2 Å². The molecule has 11 nitrogen and oxygen atoms in total. The van der Waals surface area contributed by atoms with Gasteiger partial charge in [-0.2, -0.15) is 0 Å². The van der Waals surface area contributed by atoms with Gasteiger partial charge in [0.15, 0.2) is 29.5 Å². The van der Waals surface area contributed by atoms with Gasteiger partial charge < -0.3 is 29.4 Å². The van der Waals surface area contributed by atoms with E-state index in [-0.39, 0.29) is 17.6 Å². The number of aliphatic hydroxyl groups excluding tert-OH is 1. The van der Waals surface area contributed by atoms with Gasteiger partial charge in [0.1, 0.15) is 11.9 Å². The Kier molecular flexibility index (Phi) is 4.40. The number of ether oxygens (including phenoxy) is 2. The molecule has 0 aliphatic carbocycles. The molecule has 0 aromatic carbocycles. The largest absolute Gasteiger partial charge is 0.388 e. The van der Waals surface area contributed by atoms with Gasteiger partial charge in [-0.15, -0.1) is 0 Å². The minimum absolute atomic E-state index is 0.0774. The number of rotatable bonds is 5. The fourth-order valence-electron chi connectivity index (χ4n) is 2.66. The molecule has 0 bridgehead atoms. The number of hydrogen-bond donors (Lipinski definition) is 4. The van der Waals surface area contributed by atoms with Crippen LogP contribution in [0, 0.1) is 6.92 Å². The second-order valence-electron chi connectivity index (χ2n) is 5.71. The van der Waals surface area contributed by atoms with E-state index in [9.17, 15) is 14.5 Å². The van der Waals surface area contributed by atoms with E-state index in [0.717, 1.165) is 0 Å². The van der Waals surface area contributed by atoms with Crippen LogP contribution in [0.15, 0.2) is 23.8 Å². The Morgan fingerprint density at radius 2 is 2.36 bits per heavy atom. The number of aromatic nitrogens is 4. The quantitative estimate of drug-likeness (QED) is 0.409. The van der Waals surface area contributed by atoms with E-state index < -0.39 is 37.6 Å². The first-order chi connectivity index (χ1) is 11.6. The minimum atomic E-state index is -4.43. The summed E-state index contributed by atoms with van der Waals surface area (Å²) in [4.78, 5) is 40.5. The standard InChI is InChI=1S/C13H17N4O7P/c1-3-13(23-6-25(20,21)22)4-8(18)12(24-13)17-5-14-9-10(17)15-7(2)16-11(9)19/h3,5,8,12,18H,1,4,6H2,2H3,(H,15,16,19)(H2,20,21,22)/t8-,12-,13+/m1/s1. The zero-order valence-corrected chi connectivity index (χ0v) is 14.1. The zero-order chi connectivity index (χ0) is 18.4. The van der Waals surface area contributed by atoms with Gasteiger partial charge in [0.05, 0.1) is 6.33 Å². The highest BCUT2D eigenvalue weighted by atomic mass is 31.2. The molecule has 2 aromatic rings. The topological polar surface area (TPSA) is 160 Å². The summed E-state index contributed by atoms with van der Waals surface area (Å²) < 4.78 is 23.3. The van der Waals surface area contributed by atoms with E-state index in [1.807, 2.05) is 0 Å². The molecule has 0 saturated carbocycles. The maximum absolute atomic E-state index is 11.9. The van der Waals surface area contributed by atoms with Gasteiger partial charge in [-0.25, -0.2) is 9.97 Å².